The first-order chi connectivity index (χ1) is 22.3. The fourth-order valence-corrected chi connectivity index (χ4v) is 9.26. The molecule has 1 spiro atoms. The summed E-state index contributed by atoms with van der Waals surface area (Å²) >= 11 is 12.9. The molecule has 5 aliphatic heterocycles. The number of carbonyl (C=O) groups is 2. The molecule has 46 heavy (non-hydrogen) atoms. The van der Waals surface area contributed by atoms with Gasteiger partial charge in [-0.3, -0.25) is 14.5 Å². The second-order valence-corrected chi connectivity index (χ2v) is 14.3. The number of ether oxygens (including phenoxy) is 1. The van der Waals surface area contributed by atoms with E-state index in [9.17, 15) is 9.59 Å². The van der Waals surface area contributed by atoms with Gasteiger partial charge in [-0.1, -0.05) is 41.4 Å². The van der Waals surface area contributed by atoms with Gasteiger partial charge < -0.3 is 15.0 Å². The van der Waals surface area contributed by atoms with Crippen LogP contribution in [0.1, 0.15) is 36.8 Å². The zero-order chi connectivity index (χ0) is 31.5. The molecule has 0 radical (unpaired) electrons. The van der Waals surface area contributed by atoms with Gasteiger partial charge in [-0.25, -0.2) is 8.97 Å². The average molecular weight is 662 g/mol. The number of hydrogen-bond donors (Lipinski definition) is 1. The molecule has 8 nitrogen and oxygen atoms in total. The molecule has 1 N–H and O–H groups in total. The number of hydrogen-bond acceptors (Lipinski definition) is 5. The standard InChI is InChI=1S/C35H32Cl2FN5O3/c1-18-21(33(44)41-11-13-46-14-12-41)8-10-26-31(18)40-32-28-27(17-42(26)32)43(16-19-5-6-19)35(29(28)22-3-2-4-24(37)30(22)38)23-9-7-20(36)15-25(23)39-34(35)45/h2-4,7-10,15,19,26-29H,5-6,11-14,16-17H2,1H3/p+1/t26?,27-,28+,29-,35+/m0/s1. The van der Waals surface area contributed by atoms with E-state index in [0.717, 1.165) is 42.1 Å². The smallest absolute Gasteiger partial charge is 0.300 e. The van der Waals surface area contributed by atoms with E-state index < -0.39 is 17.3 Å². The lowest BCUT2D eigenvalue weighted by Crippen LogP contribution is -2.54. The normalized spacial score (nSPS) is 31.3. The Morgan fingerprint density at radius 1 is 1.20 bits per heavy atom. The minimum absolute atomic E-state index is 0.0136. The summed E-state index contributed by atoms with van der Waals surface area (Å²) in [5.41, 5.74) is 3.05. The molecule has 2 aliphatic carbocycles. The molecular formula is C35H33Cl2FN5O3+. The highest BCUT2D eigenvalue weighted by Gasteiger charge is 2.73. The van der Waals surface area contributed by atoms with Crippen molar-refractivity contribution in [2.75, 3.05) is 44.7 Å². The van der Waals surface area contributed by atoms with Crippen molar-refractivity contribution in [1.29, 1.82) is 0 Å². The summed E-state index contributed by atoms with van der Waals surface area (Å²) in [6.07, 6.45) is 6.22. The fraction of sp³-hybridized carbons (Fsp3) is 0.429. The summed E-state index contributed by atoms with van der Waals surface area (Å²) in [5, 5.41) is 3.69. The van der Waals surface area contributed by atoms with E-state index in [2.05, 4.69) is 20.9 Å². The van der Waals surface area contributed by atoms with Gasteiger partial charge in [0.05, 0.1) is 30.2 Å². The SMILES string of the molecule is CC1=C(C(=O)N2CCOCC2)C=CC2C1=NC1=[N+]2C[C@H]2[C@@H]1[C@H](c1cccc(Cl)c1F)[C@]1(C(=O)Nc3cc(Cl)ccc31)N2CC1CC1. The van der Waals surface area contributed by atoms with Gasteiger partial charge in [0.25, 0.3) is 5.91 Å². The number of aliphatic imine (C=N–C) groups is 1. The van der Waals surface area contributed by atoms with Crippen LogP contribution >= 0.6 is 23.2 Å². The number of rotatable bonds is 4. The van der Waals surface area contributed by atoms with Gasteiger partial charge in [0, 0.05) is 53.0 Å². The minimum atomic E-state index is -1.17. The van der Waals surface area contributed by atoms with Gasteiger partial charge >= 0.3 is 5.84 Å². The maximum atomic E-state index is 16.3. The Hall–Kier alpha value is -3.37. The van der Waals surface area contributed by atoms with Gasteiger partial charge in [0.15, 0.2) is 6.04 Å². The number of anilines is 1. The molecule has 0 aromatic heterocycles. The van der Waals surface area contributed by atoms with Gasteiger partial charge in [-0.2, -0.15) is 0 Å². The fourth-order valence-electron chi connectivity index (χ4n) is 8.91. The Bertz CT molecular complexity index is 1860. The second kappa shape index (κ2) is 10.3. The van der Waals surface area contributed by atoms with Gasteiger partial charge in [-0.05, 0) is 66.6 Å². The number of morpholine rings is 1. The van der Waals surface area contributed by atoms with Crippen LogP contribution in [0.25, 0.3) is 0 Å². The van der Waals surface area contributed by atoms with Crippen LogP contribution in [-0.4, -0.2) is 89.2 Å². The Labute approximate surface area is 276 Å². The van der Waals surface area contributed by atoms with E-state index in [0.29, 0.717) is 60.6 Å². The summed E-state index contributed by atoms with van der Waals surface area (Å²) in [7, 11) is 0. The number of nitrogens with one attached hydrogen (secondary N) is 1. The first kappa shape index (κ1) is 28.8. The summed E-state index contributed by atoms with van der Waals surface area (Å²) in [6.45, 7) is 5.51. The van der Waals surface area contributed by atoms with E-state index in [1.807, 2.05) is 30.0 Å². The van der Waals surface area contributed by atoms with Crippen molar-refractivity contribution in [1.82, 2.24) is 9.80 Å². The third-order valence-corrected chi connectivity index (χ3v) is 11.6. The molecule has 7 aliphatic rings. The molecule has 0 bridgehead atoms. The zero-order valence-corrected chi connectivity index (χ0v) is 26.8. The third kappa shape index (κ3) is 3.92. The third-order valence-electron chi connectivity index (χ3n) is 11.1. The van der Waals surface area contributed by atoms with Gasteiger partial charge in [0.2, 0.25) is 11.6 Å². The van der Waals surface area contributed by atoms with Crippen LogP contribution in [0.5, 0.6) is 0 Å². The summed E-state index contributed by atoms with van der Waals surface area (Å²) in [6, 6.07) is 10.4. The molecule has 2 amide bonds. The average Bonchev–Trinajstić information content (AvgIpc) is 3.49. The summed E-state index contributed by atoms with van der Waals surface area (Å²) < 4.78 is 24.1. The van der Waals surface area contributed by atoms with Crippen molar-refractivity contribution in [3.63, 3.8) is 0 Å². The Morgan fingerprint density at radius 2 is 2.00 bits per heavy atom. The quantitative estimate of drug-likeness (QED) is 0.480. The topological polar surface area (TPSA) is 77.2 Å². The number of nitrogens with zero attached hydrogens (tertiary/aromatic N) is 4. The summed E-state index contributed by atoms with van der Waals surface area (Å²) in [4.78, 5) is 37.6. The molecule has 2 aromatic rings. The lowest BCUT2D eigenvalue weighted by molar-refractivity contribution is -0.531. The number of halogens is 3. The zero-order valence-electron chi connectivity index (χ0n) is 25.3. The number of amides is 2. The second-order valence-electron chi connectivity index (χ2n) is 13.5. The van der Waals surface area contributed by atoms with Crippen molar-refractivity contribution in [3.8, 4) is 0 Å². The number of carbonyl (C=O) groups excluding carboxylic acids is 2. The first-order valence-electron chi connectivity index (χ1n) is 16.1. The lowest BCUT2D eigenvalue weighted by Gasteiger charge is -2.40. The highest BCUT2D eigenvalue weighted by molar-refractivity contribution is 6.31. The van der Waals surface area contributed by atoms with E-state index in [1.165, 1.54) is 0 Å². The molecular weight excluding hydrogens is 628 g/mol. The number of benzene rings is 2. The molecule has 11 heteroatoms. The maximum absolute atomic E-state index is 16.3. The molecule has 5 heterocycles. The molecule has 9 rings (SSSR count). The van der Waals surface area contributed by atoms with Crippen LogP contribution in [-0.2, 0) is 19.9 Å². The van der Waals surface area contributed by atoms with E-state index in [1.54, 1.807) is 24.3 Å². The van der Waals surface area contributed by atoms with Crippen LogP contribution < -0.4 is 5.32 Å². The number of fused-ring (bicyclic) bond motifs is 6. The van der Waals surface area contributed by atoms with E-state index in [4.69, 9.17) is 32.9 Å². The molecule has 3 fully saturated rings. The van der Waals surface area contributed by atoms with Crippen LogP contribution in [0, 0.1) is 17.7 Å². The number of likely N-dealkylation sites (tertiary alicyclic amines) is 1. The van der Waals surface area contributed by atoms with Gasteiger partial charge in [-0.15, -0.1) is 0 Å². The molecule has 1 saturated carbocycles. The largest absolute Gasteiger partial charge is 0.378 e. The van der Waals surface area contributed by atoms with Crippen molar-refractivity contribution in [2.24, 2.45) is 16.8 Å². The van der Waals surface area contributed by atoms with E-state index in [-0.39, 0.29) is 34.8 Å². The molecule has 2 aromatic carbocycles. The Kier molecular flexibility index (Phi) is 6.46. The lowest BCUT2D eigenvalue weighted by atomic mass is 9.71. The Morgan fingerprint density at radius 3 is 2.78 bits per heavy atom. The minimum Gasteiger partial charge on any atom is -0.378 e. The van der Waals surface area contributed by atoms with Gasteiger partial charge in [0.1, 0.15) is 17.9 Å². The first-order valence-corrected chi connectivity index (χ1v) is 16.8. The van der Waals surface area contributed by atoms with Crippen LogP contribution in [0.15, 0.2) is 64.7 Å². The van der Waals surface area contributed by atoms with Crippen LogP contribution in [0.3, 0.4) is 0 Å². The predicted octanol–water partition coefficient (Wildman–Crippen LogP) is 4.77. The van der Waals surface area contributed by atoms with Crippen molar-refractivity contribution in [3.05, 3.63) is 86.7 Å². The van der Waals surface area contributed by atoms with Crippen LogP contribution in [0.2, 0.25) is 10.0 Å². The highest BCUT2D eigenvalue weighted by atomic mass is 35.5. The summed E-state index contributed by atoms with van der Waals surface area (Å²) in [5.74, 6) is -0.285. The van der Waals surface area contributed by atoms with Crippen molar-refractivity contribution in [2.45, 2.75) is 43.3 Å². The maximum Gasteiger partial charge on any atom is 0.300 e. The van der Waals surface area contributed by atoms with Crippen molar-refractivity contribution >= 4 is 52.3 Å². The van der Waals surface area contributed by atoms with Crippen LogP contribution in [0.4, 0.5) is 10.1 Å². The van der Waals surface area contributed by atoms with Crippen molar-refractivity contribution < 1.29 is 23.3 Å². The molecule has 1 unspecified atom stereocenters. The van der Waals surface area contributed by atoms with E-state index >= 15 is 4.39 Å². The Balaban J connectivity index is 1.21. The predicted molar refractivity (Wildman–Crippen MR) is 173 cm³/mol. The molecule has 236 valence electrons. The highest BCUT2D eigenvalue weighted by Crippen LogP contribution is 2.62. The molecule has 2 saturated heterocycles. The molecule has 5 atom stereocenters. The number of amidine groups is 1. The monoisotopic (exact) mass is 660 g/mol.